The first kappa shape index (κ1) is 15.0. The van der Waals surface area contributed by atoms with Crippen molar-refractivity contribution in [1.82, 2.24) is 5.32 Å². The number of benzene rings is 1. The molecule has 0 amide bonds. The van der Waals surface area contributed by atoms with E-state index in [0.29, 0.717) is 5.92 Å². The van der Waals surface area contributed by atoms with Gasteiger partial charge < -0.3 is 5.32 Å². The highest BCUT2D eigenvalue weighted by Crippen LogP contribution is 2.25. The average Bonchev–Trinajstić information content (AvgIpc) is 2.78. The van der Waals surface area contributed by atoms with E-state index in [9.17, 15) is 0 Å². The summed E-state index contributed by atoms with van der Waals surface area (Å²) in [5, 5.41) is 3.29. The van der Waals surface area contributed by atoms with E-state index in [1.807, 2.05) is 13.1 Å². The van der Waals surface area contributed by atoms with Gasteiger partial charge in [0.2, 0.25) is 0 Å². The van der Waals surface area contributed by atoms with E-state index in [-0.39, 0.29) is 0 Å². The van der Waals surface area contributed by atoms with Gasteiger partial charge in [0.25, 0.3) is 0 Å². The minimum absolute atomic E-state index is 0.598. The lowest BCUT2D eigenvalue weighted by Crippen LogP contribution is -2.22. The molecule has 102 valence electrons. The molecule has 2 rings (SSSR count). The molecule has 1 atom stereocenters. The van der Waals surface area contributed by atoms with Gasteiger partial charge in [-0.15, -0.1) is 11.3 Å². The summed E-state index contributed by atoms with van der Waals surface area (Å²) in [7, 11) is 2.01. The second-order valence-corrected chi connectivity index (χ2v) is 7.38. The average molecular weight is 359 g/mol. The van der Waals surface area contributed by atoms with Crippen molar-refractivity contribution < 1.29 is 0 Å². The van der Waals surface area contributed by atoms with E-state index in [2.05, 4.69) is 51.6 Å². The Bertz CT molecular complexity index is 509. The first-order valence-corrected chi connectivity index (χ1v) is 8.29. The Labute approximate surface area is 132 Å². The molecule has 0 aliphatic carbocycles. The van der Waals surface area contributed by atoms with E-state index in [4.69, 9.17) is 11.6 Å². The van der Waals surface area contributed by atoms with Gasteiger partial charge in [-0.25, -0.2) is 0 Å². The minimum atomic E-state index is 0.598. The fourth-order valence-electron chi connectivity index (χ4n) is 2.20. The molecular weight excluding hydrogens is 342 g/mol. The van der Waals surface area contributed by atoms with Gasteiger partial charge in [0.05, 0.1) is 4.34 Å². The maximum atomic E-state index is 6.00. The molecule has 4 heteroatoms. The van der Waals surface area contributed by atoms with Crippen molar-refractivity contribution in [2.75, 3.05) is 13.6 Å². The topological polar surface area (TPSA) is 12.0 Å². The van der Waals surface area contributed by atoms with E-state index >= 15 is 0 Å². The zero-order valence-electron chi connectivity index (χ0n) is 10.8. The lowest BCUT2D eigenvalue weighted by atomic mass is 9.95. The Morgan fingerprint density at radius 2 is 1.89 bits per heavy atom. The van der Waals surface area contributed by atoms with Crippen LogP contribution < -0.4 is 5.32 Å². The number of nitrogens with one attached hydrogen (secondary N) is 1. The predicted octanol–water partition coefficient (Wildman–Crippen LogP) is 4.78. The van der Waals surface area contributed by atoms with Crippen LogP contribution in [0.3, 0.4) is 0 Å². The summed E-state index contributed by atoms with van der Waals surface area (Å²) in [5.41, 5.74) is 1.38. The molecule has 1 unspecified atom stereocenters. The Morgan fingerprint density at radius 1 is 1.16 bits per heavy atom. The molecule has 1 nitrogen and oxygen atoms in total. The molecule has 0 spiro atoms. The standard InChI is InChI=1S/C15H17BrClNS/c1-18-10-12(9-14-6-7-15(17)19-14)8-11-2-4-13(16)5-3-11/h2-7,12,18H,8-10H2,1H3. The minimum Gasteiger partial charge on any atom is -0.319 e. The van der Waals surface area contributed by atoms with Crippen LogP contribution in [-0.2, 0) is 12.8 Å². The van der Waals surface area contributed by atoms with Crippen LogP contribution in [0.1, 0.15) is 10.4 Å². The maximum absolute atomic E-state index is 6.00. The number of hydrogen-bond donors (Lipinski definition) is 1. The van der Waals surface area contributed by atoms with Crippen LogP contribution in [0.2, 0.25) is 4.34 Å². The van der Waals surface area contributed by atoms with Gasteiger partial charge in [-0.3, -0.25) is 0 Å². The SMILES string of the molecule is CNCC(Cc1ccc(Br)cc1)Cc1ccc(Cl)s1. The van der Waals surface area contributed by atoms with Crippen LogP contribution in [0.4, 0.5) is 0 Å². The van der Waals surface area contributed by atoms with Crippen LogP contribution >= 0.6 is 38.9 Å². The van der Waals surface area contributed by atoms with Crippen LogP contribution in [0, 0.1) is 5.92 Å². The van der Waals surface area contributed by atoms with Crippen molar-refractivity contribution in [3.63, 3.8) is 0 Å². The van der Waals surface area contributed by atoms with E-state index in [1.165, 1.54) is 10.4 Å². The molecule has 0 aliphatic heterocycles. The van der Waals surface area contributed by atoms with Crippen molar-refractivity contribution in [2.45, 2.75) is 12.8 Å². The molecule has 0 radical (unpaired) electrons. The van der Waals surface area contributed by atoms with Crippen molar-refractivity contribution in [1.29, 1.82) is 0 Å². The maximum Gasteiger partial charge on any atom is 0.0931 e. The molecule has 0 bridgehead atoms. The molecule has 1 N–H and O–H groups in total. The smallest absolute Gasteiger partial charge is 0.0931 e. The summed E-state index contributed by atoms with van der Waals surface area (Å²) < 4.78 is 2.01. The second kappa shape index (κ2) is 7.44. The molecular formula is C15H17BrClNS. The van der Waals surface area contributed by atoms with Gasteiger partial charge in [-0.05, 0) is 62.2 Å². The van der Waals surface area contributed by atoms with Crippen LogP contribution in [0.25, 0.3) is 0 Å². The van der Waals surface area contributed by atoms with Crippen LogP contribution in [0.15, 0.2) is 40.9 Å². The Balaban J connectivity index is 2.01. The molecule has 1 heterocycles. The quantitative estimate of drug-likeness (QED) is 0.783. The van der Waals surface area contributed by atoms with Gasteiger partial charge in [0.15, 0.2) is 0 Å². The highest BCUT2D eigenvalue weighted by atomic mass is 79.9. The third-order valence-corrected chi connectivity index (χ3v) is 4.83. The first-order valence-electron chi connectivity index (χ1n) is 6.30. The number of thiophene rings is 1. The van der Waals surface area contributed by atoms with E-state index in [1.54, 1.807) is 11.3 Å². The monoisotopic (exact) mass is 357 g/mol. The third kappa shape index (κ3) is 4.92. The Hall–Kier alpha value is -0.350. The van der Waals surface area contributed by atoms with Gasteiger partial charge >= 0.3 is 0 Å². The molecule has 0 saturated carbocycles. The van der Waals surface area contributed by atoms with E-state index < -0.39 is 0 Å². The first-order chi connectivity index (χ1) is 9.17. The van der Waals surface area contributed by atoms with Crippen LogP contribution in [0.5, 0.6) is 0 Å². The zero-order chi connectivity index (χ0) is 13.7. The molecule has 0 aliphatic rings. The third-order valence-electron chi connectivity index (χ3n) is 3.05. The fraction of sp³-hybridized carbons (Fsp3) is 0.333. The molecule has 1 aromatic carbocycles. The van der Waals surface area contributed by atoms with Crippen LogP contribution in [-0.4, -0.2) is 13.6 Å². The lowest BCUT2D eigenvalue weighted by Gasteiger charge is -2.16. The number of hydrogen-bond acceptors (Lipinski definition) is 2. The number of rotatable bonds is 6. The zero-order valence-corrected chi connectivity index (χ0v) is 14.0. The fourth-order valence-corrected chi connectivity index (χ4v) is 3.67. The second-order valence-electron chi connectivity index (χ2n) is 4.66. The van der Waals surface area contributed by atoms with Gasteiger partial charge in [-0.1, -0.05) is 39.7 Å². The molecule has 0 fully saturated rings. The Morgan fingerprint density at radius 3 is 2.47 bits per heavy atom. The van der Waals surface area contributed by atoms with Gasteiger partial charge in [0.1, 0.15) is 0 Å². The molecule has 19 heavy (non-hydrogen) atoms. The molecule has 2 aromatic rings. The van der Waals surface area contributed by atoms with Crippen molar-refractivity contribution >= 4 is 38.9 Å². The number of halogens is 2. The predicted molar refractivity (Wildman–Crippen MR) is 88.3 cm³/mol. The highest BCUT2D eigenvalue weighted by molar-refractivity contribution is 9.10. The molecule has 0 saturated heterocycles. The van der Waals surface area contributed by atoms with Crippen molar-refractivity contribution in [3.05, 3.63) is 55.6 Å². The Kier molecular flexibility index (Phi) is 5.89. The van der Waals surface area contributed by atoms with Gasteiger partial charge in [0, 0.05) is 9.35 Å². The van der Waals surface area contributed by atoms with Gasteiger partial charge in [-0.2, -0.15) is 0 Å². The molecule has 1 aromatic heterocycles. The summed E-state index contributed by atoms with van der Waals surface area (Å²) in [6.07, 6.45) is 2.16. The summed E-state index contributed by atoms with van der Waals surface area (Å²) in [6, 6.07) is 12.7. The highest BCUT2D eigenvalue weighted by Gasteiger charge is 2.11. The van der Waals surface area contributed by atoms with Crippen molar-refractivity contribution in [3.8, 4) is 0 Å². The summed E-state index contributed by atoms with van der Waals surface area (Å²) in [5.74, 6) is 0.598. The summed E-state index contributed by atoms with van der Waals surface area (Å²) >= 11 is 11.2. The normalized spacial score (nSPS) is 12.6. The van der Waals surface area contributed by atoms with Crippen molar-refractivity contribution in [2.24, 2.45) is 5.92 Å². The lowest BCUT2D eigenvalue weighted by molar-refractivity contribution is 0.496. The van der Waals surface area contributed by atoms with E-state index in [0.717, 1.165) is 28.2 Å². The summed E-state index contributed by atoms with van der Waals surface area (Å²) in [6.45, 7) is 1.02. The largest absolute Gasteiger partial charge is 0.319 e. The summed E-state index contributed by atoms with van der Waals surface area (Å²) in [4.78, 5) is 1.36.